The van der Waals surface area contributed by atoms with Crippen LogP contribution in [0.1, 0.15) is 46.0 Å². The zero-order valence-corrected chi connectivity index (χ0v) is 20.0. The molecule has 8 heteroatoms. The van der Waals surface area contributed by atoms with Crippen LogP contribution in [0.5, 0.6) is 0 Å². The van der Waals surface area contributed by atoms with Crippen molar-refractivity contribution in [2.45, 2.75) is 46.0 Å². The second-order valence-corrected chi connectivity index (χ2v) is 9.59. The van der Waals surface area contributed by atoms with E-state index in [1.165, 1.54) is 7.11 Å². The first kappa shape index (κ1) is 26.6. The fourth-order valence-corrected chi connectivity index (χ4v) is 5.23. The van der Waals surface area contributed by atoms with Crippen LogP contribution in [0.3, 0.4) is 0 Å². The Labute approximate surface area is 188 Å². The topological polar surface area (TPSA) is 85.2 Å². The number of allylic oxidation sites excluding steroid dienone is 1. The van der Waals surface area contributed by atoms with Crippen molar-refractivity contribution in [2.24, 2.45) is 17.0 Å². The first-order valence-corrected chi connectivity index (χ1v) is 12.8. The summed E-state index contributed by atoms with van der Waals surface area (Å²) in [5.74, 6) is 2.27. The van der Waals surface area contributed by atoms with E-state index in [0.717, 1.165) is 35.9 Å². The Morgan fingerprint density at radius 2 is 2.03 bits per heavy atom. The molecule has 1 aliphatic carbocycles. The van der Waals surface area contributed by atoms with Gasteiger partial charge in [-0.2, -0.15) is 23.5 Å². The van der Waals surface area contributed by atoms with Gasteiger partial charge in [-0.05, 0) is 36.7 Å². The van der Waals surface area contributed by atoms with E-state index in [4.69, 9.17) is 9.57 Å². The summed E-state index contributed by atoms with van der Waals surface area (Å²) in [6.45, 7) is 7.87. The van der Waals surface area contributed by atoms with Crippen LogP contribution >= 0.6 is 23.5 Å². The second kappa shape index (κ2) is 15.4. The summed E-state index contributed by atoms with van der Waals surface area (Å²) in [5.41, 5.74) is 0.483. The minimum absolute atomic E-state index is 0.110. The molecule has 0 spiro atoms. The molecular formula is C22H35NO5S2. The van der Waals surface area contributed by atoms with Gasteiger partial charge in [-0.25, -0.2) is 0 Å². The van der Waals surface area contributed by atoms with Gasteiger partial charge in [0.2, 0.25) is 0 Å². The molecule has 0 heterocycles. The monoisotopic (exact) mass is 457 g/mol. The maximum absolute atomic E-state index is 12.9. The van der Waals surface area contributed by atoms with Gasteiger partial charge in [0.25, 0.3) is 0 Å². The molecule has 0 bridgehead atoms. The van der Waals surface area contributed by atoms with E-state index in [2.05, 4.69) is 18.7 Å². The van der Waals surface area contributed by atoms with E-state index in [9.17, 15) is 14.7 Å². The largest absolute Gasteiger partial charge is 0.511 e. The summed E-state index contributed by atoms with van der Waals surface area (Å²) >= 11 is 3.80. The summed E-state index contributed by atoms with van der Waals surface area (Å²) in [5, 5.41) is 15.0. The molecule has 1 aliphatic rings. The molecule has 2 unspecified atom stereocenters. The van der Waals surface area contributed by atoms with Crippen LogP contribution in [0.25, 0.3) is 0 Å². The quantitative estimate of drug-likeness (QED) is 0.124. The van der Waals surface area contributed by atoms with Gasteiger partial charge in [0, 0.05) is 17.9 Å². The van der Waals surface area contributed by atoms with Gasteiger partial charge in [-0.3, -0.25) is 9.59 Å². The molecule has 0 aromatic carbocycles. The number of ketones is 1. The van der Waals surface area contributed by atoms with Gasteiger partial charge in [-0.1, -0.05) is 38.1 Å². The number of esters is 1. The van der Waals surface area contributed by atoms with Gasteiger partial charge in [0.05, 0.1) is 18.4 Å². The van der Waals surface area contributed by atoms with Crippen molar-refractivity contribution in [1.29, 1.82) is 0 Å². The van der Waals surface area contributed by atoms with E-state index in [1.54, 1.807) is 6.08 Å². The molecule has 6 nitrogen and oxygen atoms in total. The highest BCUT2D eigenvalue weighted by molar-refractivity contribution is 8.02. The second-order valence-electron chi connectivity index (χ2n) is 6.97. The number of aliphatic hydroxyl groups is 1. The minimum Gasteiger partial charge on any atom is -0.511 e. The zero-order chi connectivity index (χ0) is 22.4. The molecule has 0 aromatic rings. The number of methoxy groups -OCH3 is 1. The summed E-state index contributed by atoms with van der Waals surface area (Å²) in [6.07, 6.45) is 4.50. The number of oxime groups is 1. The third-order valence-electron chi connectivity index (χ3n) is 4.79. The smallest absolute Gasteiger partial charge is 0.316 e. The molecule has 170 valence electrons. The summed E-state index contributed by atoms with van der Waals surface area (Å²) in [7, 11) is 1.30. The predicted molar refractivity (Wildman–Crippen MR) is 126 cm³/mol. The maximum Gasteiger partial charge on any atom is 0.316 e. The van der Waals surface area contributed by atoms with E-state index in [1.807, 2.05) is 30.4 Å². The third kappa shape index (κ3) is 8.38. The van der Waals surface area contributed by atoms with Crippen LogP contribution in [-0.4, -0.2) is 59.3 Å². The molecule has 0 aliphatic heterocycles. The maximum atomic E-state index is 12.9. The van der Waals surface area contributed by atoms with Crippen molar-refractivity contribution in [3.05, 3.63) is 24.0 Å². The lowest BCUT2D eigenvalue weighted by Gasteiger charge is -2.30. The van der Waals surface area contributed by atoms with Crippen molar-refractivity contribution < 1.29 is 24.3 Å². The Morgan fingerprint density at radius 3 is 2.67 bits per heavy atom. The van der Waals surface area contributed by atoms with Gasteiger partial charge in [-0.15, -0.1) is 0 Å². The molecular weight excluding hydrogens is 422 g/mol. The number of rotatable bonds is 15. The van der Waals surface area contributed by atoms with E-state index < -0.39 is 11.9 Å². The number of thioether (sulfide) groups is 2. The van der Waals surface area contributed by atoms with Crippen molar-refractivity contribution in [3.8, 4) is 0 Å². The third-order valence-corrected chi connectivity index (χ3v) is 7.02. The number of hydrogen-bond acceptors (Lipinski definition) is 8. The molecule has 1 rings (SSSR count). The number of aliphatic hydroxyl groups excluding tert-OH is 1. The van der Waals surface area contributed by atoms with Crippen LogP contribution in [-0.2, 0) is 19.2 Å². The van der Waals surface area contributed by atoms with Crippen molar-refractivity contribution in [1.82, 2.24) is 0 Å². The van der Waals surface area contributed by atoms with Crippen molar-refractivity contribution >= 4 is 41.0 Å². The van der Waals surface area contributed by atoms with Gasteiger partial charge in [0.15, 0.2) is 5.78 Å². The Kier molecular flexibility index (Phi) is 13.7. The number of hydrogen-bond donors (Lipinski definition) is 1. The Morgan fingerprint density at radius 1 is 1.30 bits per heavy atom. The molecule has 0 amide bonds. The van der Waals surface area contributed by atoms with E-state index >= 15 is 0 Å². The molecule has 0 saturated heterocycles. The minimum atomic E-state index is -0.843. The fraction of sp³-hybridized carbons (Fsp3) is 0.682. The van der Waals surface area contributed by atoms with Crippen LogP contribution < -0.4 is 0 Å². The summed E-state index contributed by atoms with van der Waals surface area (Å²) < 4.78 is 4.95. The lowest BCUT2D eigenvalue weighted by molar-refractivity contribution is -0.147. The van der Waals surface area contributed by atoms with E-state index in [0.29, 0.717) is 18.6 Å². The highest BCUT2D eigenvalue weighted by atomic mass is 32.2. The normalized spacial score (nSPS) is 19.7. The molecule has 2 atom stereocenters. The summed E-state index contributed by atoms with van der Waals surface area (Å²) in [6, 6.07) is 0. The standard InChI is InChI=1S/C22H35NO5S2/c1-5-9-17(23-28-11-6-2)20-18(24)15-16(19(21(20)25)22(26)27-4)10-8-12-30-14-13-29-7-3/h6,16,19,25H,2,5,7-15H2,1,3-4H3/b23-17+. The van der Waals surface area contributed by atoms with Crippen LogP contribution in [0.2, 0.25) is 0 Å². The Hall–Kier alpha value is -1.41. The van der Waals surface area contributed by atoms with Crippen LogP contribution in [0, 0.1) is 11.8 Å². The van der Waals surface area contributed by atoms with E-state index in [-0.39, 0.29) is 36.1 Å². The molecule has 30 heavy (non-hydrogen) atoms. The molecule has 0 radical (unpaired) electrons. The van der Waals surface area contributed by atoms with Crippen molar-refractivity contribution in [2.75, 3.05) is 36.7 Å². The van der Waals surface area contributed by atoms with Gasteiger partial charge in [0.1, 0.15) is 18.3 Å². The number of Topliss-reactive ketones (excluding diaryl/α,β-unsaturated/α-hetero) is 1. The number of nitrogens with zero attached hydrogens (tertiary/aromatic N) is 1. The first-order chi connectivity index (χ1) is 14.5. The van der Waals surface area contributed by atoms with Gasteiger partial charge < -0.3 is 14.7 Å². The Balaban J connectivity index is 2.95. The molecule has 1 N–H and O–H groups in total. The lowest BCUT2D eigenvalue weighted by Crippen LogP contribution is -2.36. The molecule has 0 saturated carbocycles. The number of carbonyl (C=O) groups is 2. The number of ether oxygens (including phenoxy) is 1. The highest BCUT2D eigenvalue weighted by Crippen LogP contribution is 2.37. The van der Waals surface area contributed by atoms with Crippen molar-refractivity contribution in [3.63, 3.8) is 0 Å². The SMILES string of the molecule is C=CCO/N=C(\CCC)C1=C(O)C(C(=O)OC)C(CCCSCCSCC)CC1=O. The average molecular weight is 458 g/mol. The van der Waals surface area contributed by atoms with Crippen LogP contribution in [0.4, 0.5) is 0 Å². The highest BCUT2D eigenvalue weighted by Gasteiger charge is 2.42. The fourth-order valence-electron chi connectivity index (χ4n) is 3.42. The lowest BCUT2D eigenvalue weighted by atomic mass is 9.75. The molecule has 0 fully saturated rings. The van der Waals surface area contributed by atoms with Gasteiger partial charge >= 0.3 is 5.97 Å². The number of carbonyl (C=O) groups excluding carboxylic acids is 2. The summed E-state index contributed by atoms with van der Waals surface area (Å²) in [4.78, 5) is 30.5. The Bertz CT molecular complexity index is 633. The first-order valence-electron chi connectivity index (χ1n) is 10.5. The zero-order valence-electron chi connectivity index (χ0n) is 18.4. The predicted octanol–water partition coefficient (Wildman–Crippen LogP) is 4.80. The average Bonchev–Trinajstić information content (AvgIpc) is 2.72. The van der Waals surface area contributed by atoms with Crippen LogP contribution in [0.15, 0.2) is 29.1 Å². The molecule has 0 aromatic heterocycles.